The third-order valence-corrected chi connectivity index (χ3v) is 2.92. The van der Waals surface area contributed by atoms with E-state index in [-0.39, 0.29) is 0 Å². The second kappa shape index (κ2) is 9.05. The fraction of sp³-hybridized carbons (Fsp3) is 0.846. The molecule has 0 aliphatic carbocycles. The van der Waals surface area contributed by atoms with Crippen LogP contribution in [-0.4, -0.2) is 40.6 Å². The molecule has 0 radical (unpaired) electrons. The number of aryl methyl sites for hydroxylation is 1. The van der Waals surface area contributed by atoms with Crippen LogP contribution < -0.4 is 5.32 Å². The van der Waals surface area contributed by atoms with Crippen molar-refractivity contribution in [3.05, 3.63) is 12.2 Å². The molecule has 0 spiro atoms. The minimum Gasteiger partial charge on any atom is -0.382 e. The molecule has 0 saturated carbocycles. The SMILES string of the molecule is CCCNC(CCOCC)Cc1ncnn1CC. The van der Waals surface area contributed by atoms with Crippen LogP contribution in [0.4, 0.5) is 0 Å². The first-order valence-electron chi connectivity index (χ1n) is 6.99. The number of rotatable bonds is 10. The van der Waals surface area contributed by atoms with Crippen LogP contribution in [0.2, 0.25) is 0 Å². The molecule has 5 heteroatoms. The smallest absolute Gasteiger partial charge is 0.138 e. The first kappa shape index (κ1) is 15.1. The molecule has 0 aliphatic rings. The summed E-state index contributed by atoms with van der Waals surface area (Å²) in [6.07, 6.45) is 4.72. The van der Waals surface area contributed by atoms with Crippen molar-refractivity contribution in [2.75, 3.05) is 19.8 Å². The molecule has 1 N–H and O–H groups in total. The van der Waals surface area contributed by atoms with Gasteiger partial charge in [0.1, 0.15) is 12.2 Å². The summed E-state index contributed by atoms with van der Waals surface area (Å²) in [5.41, 5.74) is 0. The lowest BCUT2D eigenvalue weighted by Gasteiger charge is -2.18. The van der Waals surface area contributed by atoms with E-state index in [0.717, 1.165) is 51.4 Å². The molecule has 0 aromatic carbocycles. The average Bonchev–Trinajstić information content (AvgIpc) is 2.83. The van der Waals surface area contributed by atoms with Gasteiger partial charge in [-0.1, -0.05) is 6.92 Å². The minimum absolute atomic E-state index is 0.422. The number of hydrogen-bond donors (Lipinski definition) is 1. The Morgan fingerprint density at radius 2 is 2.22 bits per heavy atom. The highest BCUT2D eigenvalue weighted by Crippen LogP contribution is 2.04. The van der Waals surface area contributed by atoms with Gasteiger partial charge in [0, 0.05) is 32.2 Å². The van der Waals surface area contributed by atoms with E-state index in [1.807, 2.05) is 11.6 Å². The Morgan fingerprint density at radius 1 is 1.39 bits per heavy atom. The molecule has 1 aromatic rings. The first-order valence-corrected chi connectivity index (χ1v) is 6.99. The standard InChI is InChI=1S/C13H26N4O/c1-4-8-14-12(7-9-18-6-3)10-13-15-11-16-17(13)5-2/h11-12,14H,4-10H2,1-3H3. The maximum Gasteiger partial charge on any atom is 0.138 e. The largest absolute Gasteiger partial charge is 0.382 e. The molecule has 1 unspecified atom stereocenters. The van der Waals surface area contributed by atoms with E-state index >= 15 is 0 Å². The predicted molar refractivity (Wildman–Crippen MR) is 72.6 cm³/mol. The Kier molecular flexibility index (Phi) is 7.60. The van der Waals surface area contributed by atoms with E-state index in [2.05, 4.69) is 29.2 Å². The molecule has 0 fully saturated rings. The number of aromatic nitrogens is 3. The number of nitrogens with zero attached hydrogens (tertiary/aromatic N) is 3. The molecule has 0 amide bonds. The third kappa shape index (κ3) is 5.14. The van der Waals surface area contributed by atoms with Crippen LogP contribution >= 0.6 is 0 Å². The minimum atomic E-state index is 0.422. The van der Waals surface area contributed by atoms with Crippen LogP contribution in [-0.2, 0) is 17.7 Å². The second-order valence-corrected chi connectivity index (χ2v) is 4.33. The van der Waals surface area contributed by atoms with Gasteiger partial charge < -0.3 is 10.1 Å². The van der Waals surface area contributed by atoms with Crippen molar-refractivity contribution in [2.45, 2.75) is 52.6 Å². The lowest BCUT2D eigenvalue weighted by molar-refractivity contribution is 0.136. The van der Waals surface area contributed by atoms with Gasteiger partial charge in [-0.3, -0.25) is 4.68 Å². The topological polar surface area (TPSA) is 52.0 Å². The zero-order chi connectivity index (χ0) is 13.2. The van der Waals surface area contributed by atoms with Gasteiger partial charge in [0.15, 0.2) is 0 Å². The molecule has 1 aromatic heterocycles. The van der Waals surface area contributed by atoms with Crippen molar-refractivity contribution in [3.63, 3.8) is 0 Å². The lowest BCUT2D eigenvalue weighted by atomic mass is 10.1. The summed E-state index contributed by atoms with van der Waals surface area (Å²) in [7, 11) is 0. The van der Waals surface area contributed by atoms with Crippen LogP contribution in [0, 0.1) is 0 Å². The average molecular weight is 254 g/mol. The van der Waals surface area contributed by atoms with E-state index in [1.54, 1.807) is 6.33 Å². The molecule has 1 atom stereocenters. The Hall–Kier alpha value is -0.940. The summed E-state index contributed by atoms with van der Waals surface area (Å²) in [6, 6.07) is 0.422. The monoisotopic (exact) mass is 254 g/mol. The predicted octanol–water partition coefficient (Wildman–Crippen LogP) is 1.64. The van der Waals surface area contributed by atoms with E-state index in [1.165, 1.54) is 0 Å². The van der Waals surface area contributed by atoms with Gasteiger partial charge in [-0.05, 0) is 33.2 Å². The maximum absolute atomic E-state index is 5.44. The number of nitrogens with one attached hydrogen (secondary N) is 1. The normalized spacial score (nSPS) is 12.8. The van der Waals surface area contributed by atoms with Gasteiger partial charge in [-0.2, -0.15) is 5.10 Å². The Bertz CT molecular complexity index is 314. The maximum atomic E-state index is 5.44. The summed E-state index contributed by atoms with van der Waals surface area (Å²) in [5, 5.41) is 7.77. The van der Waals surface area contributed by atoms with Crippen molar-refractivity contribution in [1.29, 1.82) is 0 Å². The second-order valence-electron chi connectivity index (χ2n) is 4.33. The fourth-order valence-corrected chi connectivity index (χ4v) is 1.93. The molecule has 18 heavy (non-hydrogen) atoms. The molecular formula is C13H26N4O. The number of ether oxygens (including phenoxy) is 1. The van der Waals surface area contributed by atoms with Gasteiger partial charge in [-0.15, -0.1) is 0 Å². The van der Waals surface area contributed by atoms with Gasteiger partial charge in [-0.25, -0.2) is 4.98 Å². The van der Waals surface area contributed by atoms with Crippen LogP contribution in [0.5, 0.6) is 0 Å². The summed E-state index contributed by atoms with van der Waals surface area (Å²) < 4.78 is 7.40. The zero-order valence-corrected chi connectivity index (χ0v) is 11.9. The van der Waals surface area contributed by atoms with Crippen LogP contribution in [0.25, 0.3) is 0 Å². The van der Waals surface area contributed by atoms with E-state index in [0.29, 0.717) is 6.04 Å². The van der Waals surface area contributed by atoms with Gasteiger partial charge in [0.25, 0.3) is 0 Å². The first-order chi connectivity index (χ1) is 8.81. The Balaban J connectivity index is 2.48. The molecular weight excluding hydrogens is 228 g/mol. The molecule has 0 saturated heterocycles. The Morgan fingerprint density at radius 3 is 2.89 bits per heavy atom. The molecule has 0 bridgehead atoms. The van der Waals surface area contributed by atoms with E-state index in [9.17, 15) is 0 Å². The van der Waals surface area contributed by atoms with E-state index < -0.39 is 0 Å². The highest BCUT2D eigenvalue weighted by Gasteiger charge is 2.12. The fourth-order valence-electron chi connectivity index (χ4n) is 1.93. The quantitative estimate of drug-likeness (QED) is 0.645. The molecule has 104 valence electrons. The van der Waals surface area contributed by atoms with Crippen LogP contribution in [0.15, 0.2) is 6.33 Å². The van der Waals surface area contributed by atoms with E-state index in [4.69, 9.17) is 4.74 Å². The lowest BCUT2D eigenvalue weighted by Crippen LogP contribution is -2.34. The van der Waals surface area contributed by atoms with Gasteiger partial charge in [0.05, 0.1) is 0 Å². The van der Waals surface area contributed by atoms with Crippen molar-refractivity contribution in [3.8, 4) is 0 Å². The number of hydrogen-bond acceptors (Lipinski definition) is 4. The summed E-state index contributed by atoms with van der Waals surface area (Å²) in [4.78, 5) is 4.33. The van der Waals surface area contributed by atoms with Crippen LogP contribution in [0.3, 0.4) is 0 Å². The summed E-state index contributed by atoms with van der Waals surface area (Å²) in [6.45, 7) is 9.80. The summed E-state index contributed by atoms with van der Waals surface area (Å²) in [5.74, 6) is 1.06. The third-order valence-electron chi connectivity index (χ3n) is 2.92. The van der Waals surface area contributed by atoms with Gasteiger partial charge in [0.2, 0.25) is 0 Å². The van der Waals surface area contributed by atoms with Crippen molar-refractivity contribution < 1.29 is 4.74 Å². The molecule has 1 rings (SSSR count). The molecule has 5 nitrogen and oxygen atoms in total. The molecule has 1 heterocycles. The van der Waals surface area contributed by atoms with Crippen molar-refractivity contribution >= 4 is 0 Å². The van der Waals surface area contributed by atoms with Crippen LogP contribution in [0.1, 0.15) is 39.4 Å². The van der Waals surface area contributed by atoms with Crippen molar-refractivity contribution in [1.82, 2.24) is 20.1 Å². The summed E-state index contributed by atoms with van der Waals surface area (Å²) >= 11 is 0. The van der Waals surface area contributed by atoms with Crippen molar-refractivity contribution in [2.24, 2.45) is 0 Å². The highest BCUT2D eigenvalue weighted by atomic mass is 16.5. The molecule has 0 aliphatic heterocycles. The highest BCUT2D eigenvalue weighted by molar-refractivity contribution is 4.89. The zero-order valence-electron chi connectivity index (χ0n) is 11.9. The Labute approximate surface area is 110 Å². The van der Waals surface area contributed by atoms with Gasteiger partial charge >= 0.3 is 0 Å².